The number of piperidine rings is 1. The molecule has 0 aliphatic carbocycles. The number of sulfonamides is 1. The van der Waals surface area contributed by atoms with Crippen LogP contribution in [0.3, 0.4) is 0 Å². The van der Waals surface area contributed by atoms with Crippen LogP contribution in [0.25, 0.3) is 5.83 Å². The smallest absolute Gasteiger partial charge is 0.268 e. The highest BCUT2D eigenvalue weighted by Gasteiger charge is 2.26. The third-order valence-corrected chi connectivity index (χ3v) is 5.37. The Bertz CT molecular complexity index is 978. The van der Waals surface area contributed by atoms with Gasteiger partial charge in [-0.15, -0.1) is 0 Å². The van der Waals surface area contributed by atoms with E-state index in [-0.39, 0.29) is 23.6 Å². The number of nitrogens with one attached hydrogen (secondary N) is 2. The summed E-state index contributed by atoms with van der Waals surface area (Å²) in [6, 6.07) is 4.44. The van der Waals surface area contributed by atoms with E-state index < -0.39 is 38.2 Å². The van der Waals surface area contributed by atoms with Crippen LogP contribution in [0.4, 0.5) is 23.4 Å². The first-order valence-corrected chi connectivity index (χ1v) is 9.49. The lowest BCUT2D eigenvalue weighted by molar-refractivity contribution is 0.498. The van der Waals surface area contributed by atoms with Gasteiger partial charge in [-0.05, 0) is 43.6 Å². The van der Waals surface area contributed by atoms with Crippen LogP contribution in [-0.2, 0) is 10.0 Å². The van der Waals surface area contributed by atoms with Crippen molar-refractivity contribution in [1.29, 1.82) is 0 Å². The Morgan fingerprint density at radius 2 is 1.70 bits per heavy atom. The van der Waals surface area contributed by atoms with Crippen molar-refractivity contribution in [3.8, 4) is 0 Å². The fourth-order valence-electron chi connectivity index (χ4n) is 2.72. The molecule has 0 atom stereocenters. The minimum atomic E-state index is -4.74. The topological polar surface area (TPSA) is 71.1 Å². The van der Waals surface area contributed by atoms with Crippen molar-refractivity contribution in [2.24, 2.45) is 0 Å². The summed E-state index contributed by atoms with van der Waals surface area (Å²) in [5.41, 5.74) is 0.462. The molecule has 2 heterocycles. The van der Waals surface area contributed by atoms with E-state index in [0.29, 0.717) is 31.5 Å². The van der Waals surface area contributed by atoms with Crippen molar-refractivity contribution in [3.05, 3.63) is 59.1 Å². The van der Waals surface area contributed by atoms with Crippen molar-refractivity contribution in [2.75, 3.05) is 17.8 Å². The molecular weight excluding hydrogens is 386 g/mol. The van der Waals surface area contributed by atoms with E-state index in [4.69, 9.17) is 0 Å². The molecule has 1 saturated heterocycles. The van der Waals surface area contributed by atoms with Gasteiger partial charge in [0.25, 0.3) is 10.0 Å². The zero-order valence-corrected chi connectivity index (χ0v) is 14.7. The summed E-state index contributed by atoms with van der Waals surface area (Å²) in [6.45, 7) is 1.25. The number of hydrogen-bond donors (Lipinski definition) is 2. The van der Waals surface area contributed by atoms with Gasteiger partial charge in [0.15, 0.2) is 4.90 Å². The van der Waals surface area contributed by atoms with Crippen LogP contribution in [0, 0.1) is 17.5 Å². The van der Waals surface area contributed by atoms with Crippen molar-refractivity contribution < 1.29 is 26.0 Å². The second kappa shape index (κ2) is 7.65. The molecule has 3 rings (SSSR count). The SMILES string of the molecule is O=S(=O)(Nc1cccc(C(F)=C2CCNCC2)n1)c1c(F)cc(F)cc1F. The molecule has 2 N–H and O–H groups in total. The van der Waals surface area contributed by atoms with Gasteiger partial charge in [0.1, 0.15) is 34.8 Å². The average molecular weight is 401 g/mol. The maximum absolute atomic E-state index is 14.6. The molecule has 0 radical (unpaired) electrons. The zero-order valence-electron chi connectivity index (χ0n) is 13.9. The number of anilines is 1. The van der Waals surface area contributed by atoms with E-state index in [9.17, 15) is 26.0 Å². The van der Waals surface area contributed by atoms with E-state index in [1.54, 1.807) is 0 Å². The highest BCUT2D eigenvalue weighted by molar-refractivity contribution is 7.92. The molecule has 0 bridgehead atoms. The van der Waals surface area contributed by atoms with Crippen LogP contribution in [0.15, 0.2) is 40.8 Å². The standard InChI is InChI=1S/C17H15F4N3O2S/c18-11-8-12(19)17(13(20)9-11)27(25,26)24-15-3-1-2-14(23-15)16(21)10-4-6-22-7-5-10/h1-3,8-9,22H,4-7H2,(H,23,24). The van der Waals surface area contributed by atoms with Gasteiger partial charge < -0.3 is 5.32 Å². The Balaban J connectivity index is 1.92. The van der Waals surface area contributed by atoms with Gasteiger partial charge in [-0.3, -0.25) is 4.72 Å². The summed E-state index contributed by atoms with van der Waals surface area (Å²) in [5, 5.41) is 3.09. The largest absolute Gasteiger partial charge is 0.316 e. The van der Waals surface area contributed by atoms with Gasteiger partial charge in [-0.25, -0.2) is 31.0 Å². The maximum atomic E-state index is 14.6. The van der Waals surface area contributed by atoms with Crippen LogP contribution in [0.2, 0.25) is 0 Å². The Labute approximate surface area is 153 Å². The normalized spacial score (nSPS) is 14.9. The second-order valence-electron chi connectivity index (χ2n) is 5.88. The monoisotopic (exact) mass is 401 g/mol. The van der Waals surface area contributed by atoms with Crippen LogP contribution in [0.1, 0.15) is 18.5 Å². The fraction of sp³-hybridized carbons (Fsp3) is 0.235. The molecule has 0 unspecified atom stereocenters. The lowest BCUT2D eigenvalue weighted by atomic mass is 10.0. The molecule has 1 fully saturated rings. The number of rotatable bonds is 4. The molecule has 1 aliphatic rings. The van der Waals surface area contributed by atoms with E-state index >= 15 is 0 Å². The summed E-state index contributed by atoms with van der Waals surface area (Å²) in [6.07, 6.45) is 0.991. The number of halogens is 4. The van der Waals surface area contributed by atoms with Crippen LogP contribution >= 0.6 is 0 Å². The Kier molecular flexibility index (Phi) is 5.47. The van der Waals surface area contributed by atoms with E-state index in [1.807, 2.05) is 4.72 Å². The molecular formula is C17H15F4N3O2S. The summed E-state index contributed by atoms with van der Waals surface area (Å²) >= 11 is 0. The summed E-state index contributed by atoms with van der Waals surface area (Å²) in [4.78, 5) is 2.53. The van der Waals surface area contributed by atoms with Crippen LogP contribution in [-0.4, -0.2) is 26.5 Å². The minimum Gasteiger partial charge on any atom is -0.316 e. The van der Waals surface area contributed by atoms with Gasteiger partial charge in [-0.2, -0.15) is 0 Å². The lowest BCUT2D eigenvalue weighted by Crippen LogP contribution is -2.23. The first kappa shape index (κ1) is 19.3. The predicted octanol–water partition coefficient (Wildman–Crippen LogP) is 3.36. The summed E-state index contributed by atoms with van der Waals surface area (Å²) in [7, 11) is -4.74. The van der Waals surface area contributed by atoms with Crippen molar-refractivity contribution in [2.45, 2.75) is 17.7 Å². The minimum absolute atomic E-state index is 0.0906. The van der Waals surface area contributed by atoms with E-state index in [2.05, 4.69) is 10.3 Å². The fourth-order valence-corrected chi connectivity index (χ4v) is 3.84. The van der Waals surface area contributed by atoms with Gasteiger partial charge in [0.05, 0.1) is 0 Å². The molecule has 0 amide bonds. The molecule has 10 heteroatoms. The van der Waals surface area contributed by atoms with E-state index in [0.717, 1.165) is 0 Å². The Morgan fingerprint density at radius 3 is 2.33 bits per heavy atom. The van der Waals surface area contributed by atoms with Gasteiger partial charge in [-0.1, -0.05) is 6.07 Å². The predicted molar refractivity (Wildman–Crippen MR) is 91.5 cm³/mol. The number of aromatic nitrogens is 1. The molecule has 0 saturated carbocycles. The molecule has 1 aromatic carbocycles. The van der Waals surface area contributed by atoms with Crippen molar-refractivity contribution in [1.82, 2.24) is 10.3 Å². The number of hydrogen-bond acceptors (Lipinski definition) is 4. The molecule has 1 aromatic heterocycles. The van der Waals surface area contributed by atoms with Gasteiger partial charge in [0.2, 0.25) is 0 Å². The third-order valence-electron chi connectivity index (χ3n) is 3.96. The third kappa shape index (κ3) is 4.28. The average Bonchev–Trinajstić information content (AvgIpc) is 2.60. The number of nitrogens with zero attached hydrogens (tertiary/aromatic N) is 1. The molecule has 27 heavy (non-hydrogen) atoms. The first-order valence-electron chi connectivity index (χ1n) is 8.01. The van der Waals surface area contributed by atoms with Crippen LogP contribution in [0.5, 0.6) is 0 Å². The quantitative estimate of drug-likeness (QED) is 0.771. The van der Waals surface area contributed by atoms with Crippen molar-refractivity contribution >= 4 is 21.7 Å². The van der Waals surface area contributed by atoms with E-state index in [1.165, 1.54) is 18.2 Å². The second-order valence-corrected chi connectivity index (χ2v) is 7.50. The van der Waals surface area contributed by atoms with Crippen LogP contribution < -0.4 is 10.0 Å². The molecule has 2 aromatic rings. The molecule has 144 valence electrons. The molecule has 5 nitrogen and oxygen atoms in total. The maximum Gasteiger partial charge on any atom is 0.268 e. The van der Waals surface area contributed by atoms with Gasteiger partial charge in [0, 0.05) is 12.1 Å². The Hall–Kier alpha value is -2.46. The zero-order chi connectivity index (χ0) is 19.6. The number of pyridine rings is 1. The number of benzene rings is 1. The Morgan fingerprint density at radius 1 is 1.07 bits per heavy atom. The molecule has 1 aliphatic heterocycles. The van der Waals surface area contributed by atoms with Gasteiger partial charge >= 0.3 is 0 Å². The molecule has 0 spiro atoms. The summed E-state index contributed by atoms with van der Waals surface area (Å²) < 4.78 is 81.5. The first-order chi connectivity index (χ1) is 12.8. The highest BCUT2D eigenvalue weighted by atomic mass is 32.2. The highest BCUT2D eigenvalue weighted by Crippen LogP contribution is 2.27. The lowest BCUT2D eigenvalue weighted by Gasteiger charge is -2.16. The van der Waals surface area contributed by atoms with Crippen molar-refractivity contribution in [3.63, 3.8) is 0 Å². The summed E-state index contributed by atoms with van der Waals surface area (Å²) in [5.74, 6) is -5.30.